The number of carbonyl (C=O) groups is 1. The number of imidazole rings is 1. The number of aryl methyl sites for hydroxylation is 1. The summed E-state index contributed by atoms with van der Waals surface area (Å²) in [6, 6.07) is 3.24. The van der Waals surface area contributed by atoms with E-state index < -0.39 is 0 Å². The average Bonchev–Trinajstić information content (AvgIpc) is 3.04. The first-order valence-corrected chi connectivity index (χ1v) is 5.98. The topological polar surface area (TPSA) is 97.4 Å². The highest BCUT2D eigenvalue weighted by Gasteiger charge is 2.07. The number of urea groups is 1. The molecule has 0 spiro atoms. The van der Waals surface area contributed by atoms with Crippen LogP contribution in [-0.4, -0.2) is 25.7 Å². The van der Waals surface area contributed by atoms with Gasteiger partial charge in [0.1, 0.15) is 17.0 Å². The lowest BCUT2D eigenvalue weighted by Crippen LogP contribution is -2.28. The van der Waals surface area contributed by atoms with Gasteiger partial charge in [0, 0.05) is 30.3 Å². The fourth-order valence-electron chi connectivity index (χ4n) is 1.74. The van der Waals surface area contributed by atoms with Crippen LogP contribution in [0, 0.1) is 6.92 Å². The SMILES string of the molecule is Cc1nonc1CNC(=O)Nc1ccn2ccnc2c1. The molecule has 0 radical (unpaired) electrons. The molecular formula is C12H12N6O2. The van der Waals surface area contributed by atoms with Crippen molar-refractivity contribution in [2.24, 2.45) is 0 Å². The fourth-order valence-corrected chi connectivity index (χ4v) is 1.74. The number of nitrogens with one attached hydrogen (secondary N) is 2. The Bertz CT molecular complexity index is 747. The lowest BCUT2D eigenvalue weighted by atomic mass is 10.3. The molecule has 2 N–H and O–H groups in total. The molecule has 0 aliphatic rings. The van der Waals surface area contributed by atoms with Gasteiger partial charge in [-0.25, -0.2) is 14.4 Å². The van der Waals surface area contributed by atoms with Crippen LogP contribution in [0.5, 0.6) is 0 Å². The van der Waals surface area contributed by atoms with Crippen molar-refractivity contribution in [3.63, 3.8) is 0 Å². The standard InChI is InChI=1S/C12H12N6O2/c1-8-10(17-20-16-8)7-14-12(19)15-9-2-4-18-5-3-13-11(18)6-9/h2-6H,7H2,1H3,(H2,14,15,19). The molecule has 0 aromatic carbocycles. The number of rotatable bonds is 3. The Balaban J connectivity index is 1.62. The number of hydrogen-bond donors (Lipinski definition) is 2. The lowest BCUT2D eigenvalue weighted by Gasteiger charge is -2.06. The van der Waals surface area contributed by atoms with Crippen LogP contribution in [0.25, 0.3) is 5.65 Å². The molecule has 0 aliphatic heterocycles. The van der Waals surface area contributed by atoms with E-state index in [1.54, 1.807) is 25.3 Å². The fraction of sp³-hybridized carbons (Fsp3) is 0.167. The van der Waals surface area contributed by atoms with Crippen LogP contribution in [0.15, 0.2) is 35.4 Å². The van der Waals surface area contributed by atoms with Crippen LogP contribution in [-0.2, 0) is 6.54 Å². The van der Waals surface area contributed by atoms with Crippen molar-refractivity contribution in [3.8, 4) is 0 Å². The zero-order valence-electron chi connectivity index (χ0n) is 10.7. The van der Waals surface area contributed by atoms with Crippen molar-refractivity contribution in [2.75, 3.05) is 5.32 Å². The minimum absolute atomic E-state index is 0.257. The van der Waals surface area contributed by atoms with Crippen molar-refractivity contribution in [2.45, 2.75) is 13.5 Å². The predicted molar refractivity (Wildman–Crippen MR) is 70.1 cm³/mol. The van der Waals surface area contributed by atoms with Crippen molar-refractivity contribution < 1.29 is 9.42 Å². The van der Waals surface area contributed by atoms with E-state index in [1.807, 2.05) is 16.8 Å². The number of hydrogen-bond acceptors (Lipinski definition) is 5. The summed E-state index contributed by atoms with van der Waals surface area (Å²) in [7, 11) is 0. The van der Waals surface area contributed by atoms with Gasteiger partial charge in [-0.15, -0.1) is 0 Å². The number of carbonyl (C=O) groups excluding carboxylic acids is 1. The van der Waals surface area contributed by atoms with Crippen LogP contribution in [0.2, 0.25) is 0 Å². The zero-order valence-corrected chi connectivity index (χ0v) is 10.7. The van der Waals surface area contributed by atoms with Gasteiger partial charge < -0.3 is 15.0 Å². The largest absolute Gasteiger partial charge is 0.332 e. The van der Waals surface area contributed by atoms with Gasteiger partial charge in [0.15, 0.2) is 0 Å². The van der Waals surface area contributed by atoms with E-state index in [4.69, 9.17) is 0 Å². The van der Waals surface area contributed by atoms with Gasteiger partial charge in [0.25, 0.3) is 0 Å². The Hall–Kier alpha value is -2.90. The molecule has 8 nitrogen and oxygen atoms in total. The number of anilines is 1. The molecule has 0 unspecified atom stereocenters. The van der Waals surface area contributed by atoms with Crippen molar-refractivity contribution >= 4 is 17.4 Å². The summed E-state index contributed by atoms with van der Waals surface area (Å²) < 4.78 is 6.41. The van der Waals surface area contributed by atoms with Crippen molar-refractivity contribution in [3.05, 3.63) is 42.1 Å². The molecule has 3 aromatic rings. The normalized spacial score (nSPS) is 10.7. The Morgan fingerprint density at radius 2 is 2.30 bits per heavy atom. The Kier molecular flexibility index (Phi) is 3.04. The van der Waals surface area contributed by atoms with E-state index in [1.165, 1.54) is 0 Å². The van der Waals surface area contributed by atoms with Crippen molar-refractivity contribution in [1.29, 1.82) is 0 Å². The predicted octanol–water partition coefficient (Wildman–Crippen LogP) is 1.35. The van der Waals surface area contributed by atoms with Crippen molar-refractivity contribution in [1.82, 2.24) is 25.0 Å². The number of fused-ring (bicyclic) bond motifs is 1. The first-order chi connectivity index (χ1) is 9.72. The van der Waals surface area contributed by atoms with E-state index in [2.05, 4.69) is 30.6 Å². The molecule has 2 amide bonds. The molecule has 3 aromatic heterocycles. The second-order valence-electron chi connectivity index (χ2n) is 4.21. The number of aromatic nitrogens is 4. The minimum atomic E-state index is -0.330. The molecule has 0 aliphatic carbocycles. The summed E-state index contributed by atoms with van der Waals surface area (Å²) in [5.74, 6) is 0. The monoisotopic (exact) mass is 272 g/mol. The number of amides is 2. The second-order valence-corrected chi connectivity index (χ2v) is 4.21. The van der Waals surface area contributed by atoms with Gasteiger partial charge in [-0.3, -0.25) is 0 Å². The molecule has 8 heteroatoms. The average molecular weight is 272 g/mol. The Morgan fingerprint density at radius 1 is 1.40 bits per heavy atom. The minimum Gasteiger partial charge on any atom is -0.332 e. The Labute approximate surface area is 113 Å². The molecule has 0 bridgehead atoms. The quantitative estimate of drug-likeness (QED) is 0.750. The van der Waals surface area contributed by atoms with Gasteiger partial charge >= 0.3 is 6.03 Å². The summed E-state index contributed by atoms with van der Waals surface area (Å²) >= 11 is 0. The maximum Gasteiger partial charge on any atom is 0.319 e. The van der Waals surface area contributed by atoms with E-state index in [0.717, 1.165) is 5.65 Å². The van der Waals surface area contributed by atoms with E-state index in [-0.39, 0.29) is 12.6 Å². The second kappa shape index (κ2) is 5.00. The molecule has 0 fully saturated rings. The third-order valence-electron chi connectivity index (χ3n) is 2.82. The third kappa shape index (κ3) is 2.44. The van der Waals surface area contributed by atoms with E-state index in [9.17, 15) is 4.79 Å². The van der Waals surface area contributed by atoms with Crippen LogP contribution >= 0.6 is 0 Å². The first kappa shape index (κ1) is 12.2. The summed E-state index contributed by atoms with van der Waals surface area (Å²) in [5, 5.41) is 12.7. The molecule has 102 valence electrons. The molecular weight excluding hydrogens is 260 g/mol. The van der Waals surface area contributed by atoms with Gasteiger partial charge in [0.05, 0.1) is 6.54 Å². The molecule has 20 heavy (non-hydrogen) atoms. The first-order valence-electron chi connectivity index (χ1n) is 5.98. The van der Waals surface area contributed by atoms with Gasteiger partial charge in [-0.1, -0.05) is 10.3 Å². The van der Waals surface area contributed by atoms with E-state index >= 15 is 0 Å². The third-order valence-corrected chi connectivity index (χ3v) is 2.82. The molecule has 0 atom stereocenters. The van der Waals surface area contributed by atoms with Gasteiger partial charge in [-0.2, -0.15) is 0 Å². The molecule has 3 rings (SSSR count). The maximum atomic E-state index is 11.8. The highest BCUT2D eigenvalue weighted by molar-refractivity contribution is 5.89. The summed E-state index contributed by atoms with van der Waals surface area (Å²) in [4.78, 5) is 15.9. The molecule has 3 heterocycles. The van der Waals surface area contributed by atoms with Crippen LogP contribution in [0.3, 0.4) is 0 Å². The van der Waals surface area contributed by atoms with E-state index in [0.29, 0.717) is 17.1 Å². The summed E-state index contributed by atoms with van der Waals surface area (Å²) in [6.45, 7) is 2.02. The molecule has 0 saturated heterocycles. The number of nitrogens with zero attached hydrogens (tertiary/aromatic N) is 4. The smallest absolute Gasteiger partial charge is 0.319 e. The summed E-state index contributed by atoms with van der Waals surface area (Å²) in [5.41, 5.74) is 2.68. The summed E-state index contributed by atoms with van der Waals surface area (Å²) in [6.07, 6.45) is 5.35. The van der Waals surface area contributed by atoms with Crippen LogP contribution in [0.1, 0.15) is 11.4 Å². The number of pyridine rings is 1. The van der Waals surface area contributed by atoms with Crippen LogP contribution < -0.4 is 10.6 Å². The Morgan fingerprint density at radius 3 is 3.10 bits per heavy atom. The lowest BCUT2D eigenvalue weighted by molar-refractivity contribution is 0.251. The van der Waals surface area contributed by atoms with Gasteiger partial charge in [0.2, 0.25) is 0 Å². The maximum absolute atomic E-state index is 11.8. The highest BCUT2D eigenvalue weighted by atomic mass is 16.6. The highest BCUT2D eigenvalue weighted by Crippen LogP contribution is 2.10. The van der Waals surface area contributed by atoms with Gasteiger partial charge in [-0.05, 0) is 13.0 Å². The molecule has 0 saturated carbocycles. The zero-order chi connectivity index (χ0) is 13.9. The van der Waals surface area contributed by atoms with Crippen LogP contribution in [0.4, 0.5) is 10.5 Å².